The van der Waals surface area contributed by atoms with E-state index in [0.717, 1.165) is 36.2 Å². The SMILES string of the molecule is Cc1ccccc1CN(CC1CCCO1)C(=O)c1cnc2c(c1)ncn2C(C)C. The number of rotatable bonds is 6. The second-order valence-electron chi connectivity index (χ2n) is 8.06. The maximum Gasteiger partial charge on any atom is 0.255 e. The highest BCUT2D eigenvalue weighted by Gasteiger charge is 2.25. The summed E-state index contributed by atoms with van der Waals surface area (Å²) in [6.45, 7) is 8.18. The second kappa shape index (κ2) is 8.33. The van der Waals surface area contributed by atoms with Crippen molar-refractivity contribution in [3.05, 3.63) is 59.5 Å². The summed E-state index contributed by atoms with van der Waals surface area (Å²) < 4.78 is 7.83. The molecule has 0 saturated carbocycles. The second-order valence-corrected chi connectivity index (χ2v) is 8.06. The van der Waals surface area contributed by atoms with Gasteiger partial charge in [-0.05, 0) is 50.8 Å². The molecule has 6 nitrogen and oxygen atoms in total. The fourth-order valence-corrected chi connectivity index (χ4v) is 3.84. The standard InChI is InChI=1S/C23H28N4O2/c1-16(2)27-15-25-21-11-19(12-24-22(21)27)23(28)26(14-20-9-6-10-29-20)13-18-8-5-4-7-17(18)3/h4-5,7-8,11-12,15-16,20H,6,9-10,13-14H2,1-3H3. The van der Waals surface area contributed by atoms with E-state index in [9.17, 15) is 4.79 Å². The molecule has 0 aliphatic carbocycles. The minimum Gasteiger partial charge on any atom is -0.376 e. The van der Waals surface area contributed by atoms with E-state index < -0.39 is 0 Å². The summed E-state index contributed by atoms with van der Waals surface area (Å²) >= 11 is 0. The predicted molar refractivity (Wildman–Crippen MR) is 113 cm³/mol. The molecule has 1 aliphatic heterocycles. The third-order valence-electron chi connectivity index (χ3n) is 5.57. The molecule has 29 heavy (non-hydrogen) atoms. The molecule has 3 heterocycles. The molecular weight excluding hydrogens is 364 g/mol. The molecule has 152 valence electrons. The Morgan fingerprint density at radius 1 is 1.31 bits per heavy atom. The van der Waals surface area contributed by atoms with Crippen LogP contribution in [0.1, 0.15) is 54.2 Å². The van der Waals surface area contributed by atoms with Crippen LogP contribution in [0.2, 0.25) is 0 Å². The van der Waals surface area contributed by atoms with Crippen LogP contribution in [0.5, 0.6) is 0 Å². The Kier molecular flexibility index (Phi) is 5.62. The average molecular weight is 393 g/mol. The van der Waals surface area contributed by atoms with E-state index in [1.54, 1.807) is 12.5 Å². The topological polar surface area (TPSA) is 60.2 Å². The van der Waals surface area contributed by atoms with E-state index >= 15 is 0 Å². The minimum atomic E-state index is -0.0303. The van der Waals surface area contributed by atoms with E-state index in [0.29, 0.717) is 18.7 Å². The van der Waals surface area contributed by atoms with Crippen molar-refractivity contribution in [2.24, 2.45) is 0 Å². The molecular formula is C23H28N4O2. The highest BCUT2D eigenvalue weighted by molar-refractivity contribution is 5.96. The van der Waals surface area contributed by atoms with Crippen molar-refractivity contribution >= 4 is 17.1 Å². The summed E-state index contributed by atoms with van der Waals surface area (Å²) in [6.07, 6.45) is 5.60. The van der Waals surface area contributed by atoms with Gasteiger partial charge in [-0.2, -0.15) is 0 Å². The molecule has 1 aromatic carbocycles. The lowest BCUT2D eigenvalue weighted by atomic mass is 10.1. The number of hydrogen-bond acceptors (Lipinski definition) is 4. The molecule has 2 aromatic heterocycles. The van der Waals surface area contributed by atoms with Gasteiger partial charge in [0.1, 0.15) is 5.52 Å². The van der Waals surface area contributed by atoms with E-state index in [4.69, 9.17) is 4.74 Å². The molecule has 1 atom stereocenters. The van der Waals surface area contributed by atoms with Gasteiger partial charge in [0, 0.05) is 31.9 Å². The van der Waals surface area contributed by atoms with Crippen molar-refractivity contribution in [1.82, 2.24) is 19.4 Å². The summed E-state index contributed by atoms with van der Waals surface area (Å²) in [5.74, 6) is -0.0303. The number of imidazole rings is 1. The Labute approximate surface area is 171 Å². The normalized spacial score (nSPS) is 16.6. The van der Waals surface area contributed by atoms with Crippen LogP contribution >= 0.6 is 0 Å². The fourth-order valence-electron chi connectivity index (χ4n) is 3.84. The molecule has 0 radical (unpaired) electrons. The van der Waals surface area contributed by atoms with Crippen LogP contribution in [0.3, 0.4) is 0 Å². The highest BCUT2D eigenvalue weighted by Crippen LogP contribution is 2.21. The summed E-state index contributed by atoms with van der Waals surface area (Å²) in [5, 5.41) is 0. The van der Waals surface area contributed by atoms with E-state index in [1.165, 1.54) is 5.56 Å². The quantitative estimate of drug-likeness (QED) is 0.632. The zero-order valence-electron chi connectivity index (χ0n) is 17.3. The van der Waals surface area contributed by atoms with Gasteiger partial charge in [-0.15, -0.1) is 0 Å². The van der Waals surface area contributed by atoms with Crippen LogP contribution in [-0.2, 0) is 11.3 Å². The van der Waals surface area contributed by atoms with Gasteiger partial charge < -0.3 is 14.2 Å². The molecule has 1 saturated heterocycles. The van der Waals surface area contributed by atoms with Crippen molar-refractivity contribution in [1.29, 1.82) is 0 Å². The third-order valence-corrected chi connectivity index (χ3v) is 5.57. The number of amides is 1. The summed E-state index contributed by atoms with van der Waals surface area (Å²) in [4.78, 5) is 24.3. The number of aryl methyl sites for hydroxylation is 1. The van der Waals surface area contributed by atoms with Gasteiger partial charge in [0.15, 0.2) is 5.65 Å². The number of pyridine rings is 1. The van der Waals surface area contributed by atoms with Gasteiger partial charge in [-0.1, -0.05) is 24.3 Å². The van der Waals surface area contributed by atoms with Crippen molar-refractivity contribution in [3.63, 3.8) is 0 Å². The Bertz CT molecular complexity index is 1010. The smallest absolute Gasteiger partial charge is 0.255 e. The largest absolute Gasteiger partial charge is 0.376 e. The number of nitrogens with zero attached hydrogens (tertiary/aromatic N) is 4. The summed E-state index contributed by atoms with van der Waals surface area (Å²) in [6, 6.07) is 10.3. The molecule has 0 spiro atoms. The number of hydrogen-bond donors (Lipinski definition) is 0. The molecule has 1 unspecified atom stereocenters. The Morgan fingerprint density at radius 3 is 2.86 bits per heavy atom. The van der Waals surface area contributed by atoms with Gasteiger partial charge in [0.2, 0.25) is 0 Å². The molecule has 0 N–H and O–H groups in total. The zero-order valence-corrected chi connectivity index (χ0v) is 17.3. The van der Waals surface area contributed by atoms with Crippen molar-refractivity contribution in [2.45, 2.75) is 52.3 Å². The van der Waals surface area contributed by atoms with Gasteiger partial charge in [-0.3, -0.25) is 4.79 Å². The molecule has 1 aliphatic rings. The molecule has 4 rings (SSSR count). The van der Waals surface area contributed by atoms with Crippen LogP contribution in [0.15, 0.2) is 42.9 Å². The average Bonchev–Trinajstić information content (AvgIpc) is 3.37. The van der Waals surface area contributed by atoms with Crippen LogP contribution in [0.25, 0.3) is 11.2 Å². The lowest BCUT2D eigenvalue weighted by Crippen LogP contribution is -2.37. The first kappa shape index (κ1) is 19.6. The molecule has 1 fully saturated rings. The first-order valence-corrected chi connectivity index (χ1v) is 10.3. The van der Waals surface area contributed by atoms with Crippen molar-refractivity contribution < 1.29 is 9.53 Å². The molecule has 6 heteroatoms. The number of fused-ring (bicyclic) bond motifs is 1. The number of aromatic nitrogens is 3. The highest BCUT2D eigenvalue weighted by atomic mass is 16.5. The Balaban J connectivity index is 1.63. The summed E-state index contributed by atoms with van der Waals surface area (Å²) in [7, 11) is 0. The maximum atomic E-state index is 13.4. The summed E-state index contributed by atoms with van der Waals surface area (Å²) in [5.41, 5.74) is 4.45. The molecule has 0 bridgehead atoms. The van der Waals surface area contributed by atoms with Gasteiger partial charge in [-0.25, -0.2) is 9.97 Å². The van der Waals surface area contributed by atoms with Crippen LogP contribution in [-0.4, -0.2) is 44.6 Å². The number of carbonyl (C=O) groups is 1. The lowest BCUT2D eigenvalue weighted by Gasteiger charge is -2.26. The molecule has 1 amide bonds. The third kappa shape index (κ3) is 4.17. The number of benzene rings is 1. The first-order valence-electron chi connectivity index (χ1n) is 10.3. The number of carbonyl (C=O) groups excluding carboxylic acids is 1. The Hall–Kier alpha value is -2.73. The van der Waals surface area contributed by atoms with E-state index in [1.807, 2.05) is 27.7 Å². The van der Waals surface area contributed by atoms with Gasteiger partial charge >= 0.3 is 0 Å². The van der Waals surface area contributed by atoms with Crippen LogP contribution in [0, 0.1) is 6.92 Å². The zero-order chi connectivity index (χ0) is 20.4. The van der Waals surface area contributed by atoms with E-state index in [-0.39, 0.29) is 18.1 Å². The van der Waals surface area contributed by atoms with E-state index in [2.05, 4.69) is 42.9 Å². The predicted octanol–water partition coefficient (Wildman–Crippen LogP) is 4.14. The van der Waals surface area contributed by atoms with Gasteiger partial charge in [0.05, 0.1) is 18.0 Å². The minimum absolute atomic E-state index is 0.0303. The Morgan fingerprint density at radius 2 is 2.14 bits per heavy atom. The monoisotopic (exact) mass is 392 g/mol. The first-order chi connectivity index (χ1) is 14.0. The fraction of sp³-hybridized carbons (Fsp3) is 0.435. The van der Waals surface area contributed by atoms with Gasteiger partial charge in [0.25, 0.3) is 5.91 Å². The van der Waals surface area contributed by atoms with Crippen LogP contribution in [0.4, 0.5) is 0 Å². The maximum absolute atomic E-state index is 13.4. The number of ether oxygens (including phenoxy) is 1. The van der Waals surface area contributed by atoms with Crippen molar-refractivity contribution in [3.8, 4) is 0 Å². The van der Waals surface area contributed by atoms with Crippen molar-refractivity contribution in [2.75, 3.05) is 13.2 Å². The molecule has 3 aromatic rings. The lowest BCUT2D eigenvalue weighted by molar-refractivity contribution is 0.0506. The van der Waals surface area contributed by atoms with Crippen LogP contribution < -0.4 is 0 Å².